The summed E-state index contributed by atoms with van der Waals surface area (Å²) in [6, 6.07) is 7.72. The summed E-state index contributed by atoms with van der Waals surface area (Å²) in [6.07, 6.45) is 0. The van der Waals surface area contributed by atoms with E-state index < -0.39 is 23.1 Å². The molecule has 0 bridgehead atoms. The van der Waals surface area contributed by atoms with Gasteiger partial charge >= 0.3 is 0 Å². The van der Waals surface area contributed by atoms with Gasteiger partial charge < -0.3 is 5.32 Å². The van der Waals surface area contributed by atoms with Gasteiger partial charge in [-0.2, -0.15) is 0 Å². The molecule has 92 valence electrons. The zero-order valence-electron chi connectivity index (χ0n) is 8.95. The first-order valence-corrected chi connectivity index (χ1v) is 5.33. The van der Waals surface area contributed by atoms with Gasteiger partial charge in [0.05, 0.1) is 0 Å². The Morgan fingerprint density at radius 1 is 1.11 bits per heavy atom. The van der Waals surface area contributed by atoms with Crippen molar-refractivity contribution in [1.29, 1.82) is 0 Å². The quantitative estimate of drug-likeness (QED) is 0.850. The number of benzene rings is 1. The maximum Gasteiger partial charge on any atom is 0.262 e. The van der Waals surface area contributed by atoms with Gasteiger partial charge in [0.1, 0.15) is 28.2 Å². The highest BCUT2D eigenvalue weighted by Gasteiger charge is 2.17. The molecule has 18 heavy (non-hydrogen) atoms. The Morgan fingerprint density at radius 2 is 1.72 bits per heavy atom. The number of nitrogens with one attached hydrogen (secondary N) is 1. The lowest BCUT2D eigenvalue weighted by atomic mass is 10.2. The van der Waals surface area contributed by atoms with Crippen LogP contribution in [-0.4, -0.2) is 10.9 Å². The number of carbonyl (C=O) groups is 1. The average Bonchev–Trinajstić information content (AvgIpc) is 2.28. The summed E-state index contributed by atoms with van der Waals surface area (Å²) in [4.78, 5) is 15.5. The molecule has 0 aliphatic carbocycles. The van der Waals surface area contributed by atoms with Gasteiger partial charge in [-0.1, -0.05) is 23.7 Å². The monoisotopic (exact) mass is 268 g/mol. The third-order valence-electron chi connectivity index (χ3n) is 2.15. The molecule has 2 aromatic rings. The summed E-state index contributed by atoms with van der Waals surface area (Å²) in [5.41, 5.74) is -0.653. The minimum absolute atomic E-state index is 0.121. The number of carbonyl (C=O) groups excluding carboxylic acids is 1. The Bertz CT molecular complexity index is 584. The maximum atomic E-state index is 13.3. The second kappa shape index (κ2) is 5.10. The van der Waals surface area contributed by atoms with Crippen LogP contribution < -0.4 is 5.32 Å². The molecule has 0 saturated heterocycles. The lowest BCUT2D eigenvalue weighted by Crippen LogP contribution is -2.16. The molecule has 0 aliphatic heterocycles. The Labute approximate surface area is 106 Å². The lowest BCUT2D eigenvalue weighted by Gasteiger charge is -2.06. The number of halogens is 3. The Hall–Kier alpha value is -2.01. The minimum Gasteiger partial charge on any atom is -0.306 e. The zero-order valence-corrected chi connectivity index (χ0v) is 9.71. The van der Waals surface area contributed by atoms with Crippen molar-refractivity contribution >= 4 is 23.3 Å². The van der Waals surface area contributed by atoms with E-state index in [9.17, 15) is 13.6 Å². The summed E-state index contributed by atoms with van der Waals surface area (Å²) in [6.45, 7) is 0. The predicted octanol–water partition coefficient (Wildman–Crippen LogP) is 3.27. The summed E-state index contributed by atoms with van der Waals surface area (Å²) >= 11 is 5.63. The summed E-state index contributed by atoms with van der Waals surface area (Å²) in [5, 5.41) is 2.43. The molecule has 0 unspecified atom stereocenters. The Kier molecular flexibility index (Phi) is 3.53. The first-order chi connectivity index (χ1) is 8.58. The molecule has 0 atom stereocenters. The standard InChI is InChI=1S/C12H7ClF2N2O/c13-9-5-2-6-10(16-9)17-12(18)11-7(14)3-1-4-8(11)15/h1-6H,(H,16,17,18). The lowest BCUT2D eigenvalue weighted by molar-refractivity contribution is 0.101. The first kappa shape index (κ1) is 12.4. The van der Waals surface area contributed by atoms with Crippen LogP contribution in [0, 0.1) is 11.6 Å². The van der Waals surface area contributed by atoms with Crippen LogP contribution in [0.5, 0.6) is 0 Å². The molecule has 0 aliphatic rings. The molecule has 2 rings (SSSR count). The van der Waals surface area contributed by atoms with Gasteiger partial charge in [-0.15, -0.1) is 0 Å². The smallest absolute Gasteiger partial charge is 0.262 e. The number of hydrogen-bond donors (Lipinski definition) is 1. The van der Waals surface area contributed by atoms with Crippen LogP contribution in [0.1, 0.15) is 10.4 Å². The van der Waals surface area contributed by atoms with Crippen LogP contribution in [0.4, 0.5) is 14.6 Å². The molecule has 3 nitrogen and oxygen atoms in total. The van der Waals surface area contributed by atoms with Crippen LogP contribution >= 0.6 is 11.6 Å². The van der Waals surface area contributed by atoms with Gasteiger partial charge in [-0.25, -0.2) is 13.8 Å². The maximum absolute atomic E-state index is 13.3. The molecule has 1 aromatic heterocycles. The van der Waals surface area contributed by atoms with Crippen molar-refractivity contribution in [2.45, 2.75) is 0 Å². The van der Waals surface area contributed by atoms with E-state index in [-0.39, 0.29) is 11.0 Å². The Morgan fingerprint density at radius 3 is 2.33 bits per heavy atom. The Balaban J connectivity index is 2.28. The van der Waals surface area contributed by atoms with Crippen molar-refractivity contribution in [3.05, 3.63) is 58.7 Å². The van der Waals surface area contributed by atoms with Crippen LogP contribution in [0.3, 0.4) is 0 Å². The second-order valence-electron chi connectivity index (χ2n) is 3.40. The third-order valence-corrected chi connectivity index (χ3v) is 2.36. The molecule has 1 aromatic carbocycles. The van der Waals surface area contributed by atoms with Crippen molar-refractivity contribution in [3.8, 4) is 0 Å². The van der Waals surface area contributed by atoms with Gasteiger partial charge in [0.2, 0.25) is 0 Å². The average molecular weight is 269 g/mol. The largest absolute Gasteiger partial charge is 0.306 e. The van der Waals surface area contributed by atoms with E-state index in [1.54, 1.807) is 6.07 Å². The number of rotatable bonds is 2. The number of amides is 1. The van der Waals surface area contributed by atoms with Crippen molar-refractivity contribution in [3.63, 3.8) is 0 Å². The van der Waals surface area contributed by atoms with Crippen LogP contribution in [-0.2, 0) is 0 Å². The van der Waals surface area contributed by atoms with Gasteiger partial charge in [-0.05, 0) is 24.3 Å². The number of aromatic nitrogens is 1. The molecule has 0 spiro atoms. The van der Waals surface area contributed by atoms with Crippen molar-refractivity contribution in [2.75, 3.05) is 5.32 Å². The molecular weight excluding hydrogens is 262 g/mol. The predicted molar refractivity (Wildman–Crippen MR) is 63.6 cm³/mol. The third kappa shape index (κ3) is 2.62. The van der Waals surface area contributed by atoms with E-state index in [4.69, 9.17) is 11.6 Å². The van der Waals surface area contributed by atoms with E-state index >= 15 is 0 Å². The SMILES string of the molecule is O=C(Nc1cccc(Cl)n1)c1c(F)cccc1F. The second-order valence-corrected chi connectivity index (χ2v) is 3.78. The molecular formula is C12H7ClF2N2O. The van der Waals surface area contributed by atoms with Gasteiger partial charge in [0.15, 0.2) is 0 Å². The van der Waals surface area contributed by atoms with Crippen molar-refractivity contribution < 1.29 is 13.6 Å². The fourth-order valence-corrected chi connectivity index (χ4v) is 1.54. The molecule has 0 fully saturated rings. The van der Waals surface area contributed by atoms with Crippen molar-refractivity contribution in [1.82, 2.24) is 4.98 Å². The normalized spacial score (nSPS) is 10.2. The summed E-state index contributed by atoms with van der Waals surface area (Å²) in [5.74, 6) is -2.67. The molecule has 1 N–H and O–H groups in total. The fraction of sp³-hybridized carbons (Fsp3) is 0. The van der Waals surface area contributed by atoms with E-state index in [0.717, 1.165) is 12.1 Å². The molecule has 1 heterocycles. The van der Waals surface area contributed by atoms with E-state index in [0.29, 0.717) is 0 Å². The molecule has 0 radical (unpaired) electrons. The molecule has 6 heteroatoms. The van der Waals surface area contributed by atoms with Gasteiger partial charge in [0.25, 0.3) is 5.91 Å². The first-order valence-electron chi connectivity index (χ1n) is 4.96. The van der Waals surface area contributed by atoms with Gasteiger partial charge in [-0.3, -0.25) is 4.79 Å². The van der Waals surface area contributed by atoms with E-state index in [1.165, 1.54) is 18.2 Å². The number of anilines is 1. The van der Waals surface area contributed by atoms with Crippen LogP contribution in [0.15, 0.2) is 36.4 Å². The minimum atomic E-state index is -0.936. The highest BCUT2D eigenvalue weighted by Crippen LogP contribution is 2.15. The number of nitrogens with zero attached hydrogens (tertiary/aromatic N) is 1. The highest BCUT2D eigenvalue weighted by molar-refractivity contribution is 6.29. The number of pyridine rings is 1. The number of hydrogen-bond acceptors (Lipinski definition) is 2. The highest BCUT2D eigenvalue weighted by atomic mass is 35.5. The topological polar surface area (TPSA) is 42.0 Å². The van der Waals surface area contributed by atoms with Crippen LogP contribution in [0.2, 0.25) is 5.15 Å². The van der Waals surface area contributed by atoms with Crippen molar-refractivity contribution in [2.24, 2.45) is 0 Å². The fourth-order valence-electron chi connectivity index (χ4n) is 1.37. The summed E-state index contributed by atoms with van der Waals surface area (Å²) in [7, 11) is 0. The van der Waals surface area contributed by atoms with E-state index in [1.807, 2.05) is 0 Å². The van der Waals surface area contributed by atoms with Gasteiger partial charge in [0, 0.05) is 0 Å². The zero-order chi connectivity index (χ0) is 13.1. The molecule has 1 amide bonds. The van der Waals surface area contributed by atoms with Crippen LogP contribution in [0.25, 0.3) is 0 Å². The summed E-state index contributed by atoms with van der Waals surface area (Å²) < 4.78 is 26.7. The molecule has 0 saturated carbocycles. The van der Waals surface area contributed by atoms with E-state index in [2.05, 4.69) is 10.3 Å².